The number of carboxylic acids is 1. The van der Waals surface area contributed by atoms with Crippen LogP contribution in [0.4, 0.5) is 13.2 Å². The second kappa shape index (κ2) is 11.0. The van der Waals surface area contributed by atoms with Gasteiger partial charge in [-0.05, 0) is 48.4 Å². The van der Waals surface area contributed by atoms with Crippen LogP contribution in [0.15, 0.2) is 90.6 Å². The van der Waals surface area contributed by atoms with E-state index in [1.165, 1.54) is 11.3 Å². The third-order valence-electron chi connectivity index (χ3n) is 6.00. The zero-order chi connectivity index (χ0) is 27.4. The molecule has 0 fully saturated rings. The lowest BCUT2D eigenvalue weighted by Gasteiger charge is -2.22. The Morgan fingerprint density at radius 1 is 1.00 bits per heavy atom. The Hall–Kier alpha value is -4.33. The highest BCUT2D eigenvalue weighted by molar-refractivity contribution is 6.02. The molecular weight excluding hydrogens is 495 g/mol. The van der Waals surface area contributed by atoms with Crippen LogP contribution in [0.3, 0.4) is 0 Å². The normalized spacial score (nSPS) is 18.4. The molecule has 0 spiro atoms. The van der Waals surface area contributed by atoms with Gasteiger partial charge in [-0.15, -0.1) is 0 Å². The maximum Gasteiger partial charge on any atom is 0.430 e. The smallest absolute Gasteiger partial charge is 0.430 e. The van der Waals surface area contributed by atoms with Crippen molar-refractivity contribution in [1.82, 2.24) is 0 Å². The summed E-state index contributed by atoms with van der Waals surface area (Å²) in [4.78, 5) is 8.78. The summed E-state index contributed by atoms with van der Waals surface area (Å²) in [6, 6.07) is 14.3. The minimum absolute atomic E-state index is 0.185. The van der Waals surface area contributed by atoms with Crippen LogP contribution in [0, 0.1) is 0 Å². The van der Waals surface area contributed by atoms with Gasteiger partial charge >= 0.3 is 6.18 Å². The predicted molar refractivity (Wildman–Crippen MR) is 138 cm³/mol. The molecule has 0 aromatic heterocycles. The first-order chi connectivity index (χ1) is 18.0. The van der Waals surface area contributed by atoms with Crippen molar-refractivity contribution >= 4 is 23.0 Å². The molecule has 1 aliphatic carbocycles. The number of hydrogen-bond acceptors (Lipinski definition) is 4. The van der Waals surface area contributed by atoms with E-state index in [0.29, 0.717) is 0 Å². The van der Waals surface area contributed by atoms with Crippen LogP contribution in [0.5, 0.6) is 11.5 Å². The summed E-state index contributed by atoms with van der Waals surface area (Å²) in [5, 5.41) is 8.78. The monoisotopic (exact) mass is 521 g/mol. The zero-order valence-corrected chi connectivity index (χ0v) is 21.1. The number of rotatable bonds is 2. The molecule has 0 saturated carbocycles. The maximum atomic E-state index is 10.5. The number of aliphatic carboxylic acids is 1. The summed E-state index contributed by atoms with van der Waals surface area (Å²) in [5.41, 5.74) is 6.94. The number of nitrogens with zero attached hydrogens (tertiary/aromatic N) is 1. The molecule has 1 unspecified atom stereocenters. The highest BCUT2D eigenvalue weighted by Gasteiger charge is 2.29. The largest absolute Gasteiger partial charge is 0.542 e. The summed E-state index contributed by atoms with van der Waals surface area (Å²) in [5.74, 6) is -0.289. The van der Waals surface area contributed by atoms with Crippen molar-refractivity contribution in [3.63, 3.8) is 0 Å². The van der Waals surface area contributed by atoms with Crippen LogP contribution in [-0.2, 0) is 11.2 Å². The molecule has 5 rings (SSSR count). The van der Waals surface area contributed by atoms with Gasteiger partial charge in [0.1, 0.15) is 43.4 Å². The number of benzene rings is 2. The van der Waals surface area contributed by atoms with Gasteiger partial charge in [0, 0.05) is 35.3 Å². The third kappa shape index (κ3) is 6.14. The van der Waals surface area contributed by atoms with Crippen molar-refractivity contribution < 1.29 is 37.1 Å². The van der Waals surface area contributed by atoms with Gasteiger partial charge in [0.05, 0.1) is 0 Å². The number of hydrogen-bond donors (Lipinski definition) is 0. The molecule has 5 nitrogen and oxygen atoms in total. The third-order valence-corrected chi connectivity index (χ3v) is 6.00. The molecule has 1 atom stereocenters. The Balaban J connectivity index is 0.000000426. The first-order valence-corrected chi connectivity index (χ1v) is 11.9. The van der Waals surface area contributed by atoms with Crippen molar-refractivity contribution in [3.05, 3.63) is 107 Å². The molecule has 0 saturated heterocycles. The van der Waals surface area contributed by atoms with E-state index in [0.717, 1.165) is 46.0 Å². The van der Waals surface area contributed by atoms with Gasteiger partial charge < -0.3 is 19.4 Å². The standard InChI is InChI=1S/C28H26NO2.C2HF3O2/c1-19-17-24-25(30-19)15-16-26-28(24)22(18-27(31-26)21-7-5-4-6-8-21)12-9-20-10-13-23(14-11-20)29(2)3;3-2(4,5)1(6)7/h4-16,18-19H,17H2,1-3H3;(H,6,7)/q+1;/p-1/b22-12+;. The maximum absolute atomic E-state index is 10.5. The summed E-state index contributed by atoms with van der Waals surface area (Å²) in [6.45, 7) is 2.11. The summed E-state index contributed by atoms with van der Waals surface area (Å²) in [6.07, 6.45) is 11.0. The number of ether oxygens (including phenoxy) is 2. The Labute approximate surface area is 218 Å². The summed E-state index contributed by atoms with van der Waals surface area (Å²) >= 11 is 0. The van der Waals surface area contributed by atoms with Crippen molar-refractivity contribution in [3.8, 4) is 11.5 Å². The fourth-order valence-electron chi connectivity index (χ4n) is 4.17. The van der Waals surface area contributed by atoms with Crippen LogP contribution >= 0.6 is 0 Å². The van der Waals surface area contributed by atoms with E-state index < -0.39 is 12.1 Å². The van der Waals surface area contributed by atoms with Crippen LogP contribution in [-0.4, -0.2) is 42.6 Å². The van der Waals surface area contributed by atoms with Crippen molar-refractivity contribution in [1.29, 1.82) is 0 Å². The molecule has 0 radical (unpaired) electrons. The molecule has 196 valence electrons. The van der Waals surface area contributed by atoms with Gasteiger partial charge in [0.15, 0.2) is 5.71 Å². The number of carbonyl (C=O) groups excluding carboxylic acids is 1. The van der Waals surface area contributed by atoms with Gasteiger partial charge in [0.2, 0.25) is 0 Å². The highest BCUT2D eigenvalue weighted by atomic mass is 19.4. The average Bonchev–Trinajstić information content (AvgIpc) is 3.28. The molecule has 8 heteroatoms. The average molecular weight is 522 g/mol. The Bertz CT molecular complexity index is 1410. The molecule has 2 aromatic rings. The van der Waals surface area contributed by atoms with Crippen molar-refractivity contribution in [2.24, 2.45) is 0 Å². The Kier molecular flexibility index (Phi) is 7.71. The van der Waals surface area contributed by atoms with Crippen LogP contribution in [0.1, 0.15) is 23.6 Å². The van der Waals surface area contributed by atoms with Crippen LogP contribution < -0.4 is 14.6 Å². The van der Waals surface area contributed by atoms with Gasteiger partial charge in [0.25, 0.3) is 0 Å². The Morgan fingerprint density at radius 2 is 1.63 bits per heavy atom. The Morgan fingerprint density at radius 3 is 2.24 bits per heavy atom. The fourth-order valence-corrected chi connectivity index (χ4v) is 4.17. The summed E-state index contributed by atoms with van der Waals surface area (Å²) in [7, 11) is 4.11. The molecule has 38 heavy (non-hydrogen) atoms. The second-order valence-corrected chi connectivity index (χ2v) is 9.08. The van der Waals surface area contributed by atoms with E-state index in [4.69, 9.17) is 19.4 Å². The number of carboxylic acid groups (broad SMARTS) is 1. The molecule has 0 N–H and O–H groups in total. The summed E-state index contributed by atoms with van der Waals surface area (Å²) < 4.78 is 46.0. The van der Waals surface area contributed by atoms with Crippen LogP contribution in [0.25, 0.3) is 11.3 Å². The first-order valence-electron chi connectivity index (χ1n) is 11.9. The SMILES string of the molecule is CC1Cc2c(ccc3c2/C(=C/C=C2C=CC(=[N+](C)C)C=C2)C=C(c2ccccc2)O3)O1.O=C([O-])C(F)(F)F. The predicted octanol–water partition coefficient (Wildman–Crippen LogP) is 4.89. The highest BCUT2D eigenvalue weighted by Crippen LogP contribution is 2.45. The first kappa shape index (κ1) is 26.7. The van der Waals surface area contributed by atoms with E-state index >= 15 is 0 Å². The lowest BCUT2D eigenvalue weighted by Crippen LogP contribution is -2.37. The molecule has 2 aliphatic heterocycles. The molecular formula is C30H26F3NO4. The lowest BCUT2D eigenvalue weighted by molar-refractivity contribution is -0.462. The van der Waals surface area contributed by atoms with Gasteiger partial charge in [-0.3, -0.25) is 0 Å². The molecule has 2 heterocycles. The fraction of sp³-hybridized carbons (Fsp3) is 0.200. The van der Waals surface area contributed by atoms with E-state index in [1.807, 2.05) is 30.3 Å². The topological polar surface area (TPSA) is 61.6 Å². The van der Waals surface area contributed by atoms with E-state index in [9.17, 15) is 13.2 Å². The lowest BCUT2D eigenvalue weighted by atomic mass is 9.92. The number of carbonyl (C=O) groups is 1. The molecule has 0 bridgehead atoms. The minimum Gasteiger partial charge on any atom is -0.542 e. The zero-order valence-electron chi connectivity index (χ0n) is 21.1. The van der Waals surface area contributed by atoms with Gasteiger partial charge in [-0.1, -0.05) is 42.5 Å². The van der Waals surface area contributed by atoms with Gasteiger partial charge in [-0.2, -0.15) is 13.2 Å². The van der Waals surface area contributed by atoms with Crippen molar-refractivity contribution in [2.75, 3.05) is 14.1 Å². The van der Waals surface area contributed by atoms with Crippen molar-refractivity contribution in [2.45, 2.75) is 25.6 Å². The minimum atomic E-state index is -5.19. The molecule has 2 aromatic carbocycles. The number of fused-ring (bicyclic) bond motifs is 3. The quantitative estimate of drug-likeness (QED) is 0.528. The van der Waals surface area contributed by atoms with Gasteiger partial charge in [-0.25, -0.2) is 4.58 Å². The second-order valence-electron chi connectivity index (χ2n) is 9.08. The molecule has 0 amide bonds. The number of alkyl halides is 3. The van der Waals surface area contributed by atoms with E-state index in [-0.39, 0.29) is 6.10 Å². The number of allylic oxidation sites excluding steroid dienone is 9. The number of halogens is 3. The van der Waals surface area contributed by atoms with E-state index in [2.05, 4.69) is 80.3 Å². The van der Waals surface area contributed by atoms with Crippen LogP contribution in [0.2, 0.25) is 0 Å². The van der Waals surface area contributed by atoms with E-state index in [1.54, 1.807) is 0 Å². The molecule has 3 aliphatic rings.